The van der Waals surface area contributed by atoms with Gasteiger partial charge < -0.3 is 11.5 Å². The lowest BCUT2D eigenvalue weighted by molar-refractivity contribution is 0.420. The summed E-state index contributed by atoms with van der Waals surface area (Å²) >= 11 is 0. The predicted octanol–water partition coefficient (Wildman–Crippen LogP) is 3.03. The number of nitrogens with two attached hydrogens (primary N) is 2. The molecule has 6 heteroatoms. The highest BCUT2D eigenvalue weighted by molar-refractivity contribution is 5.71. The highest BCUT2D eigenvalue weighted by atomic mass is 14.9. The standard InChI is InChI=1S/C18H18N6/c19-17-9-21-15(7-23-17)12-4-5-13(14(6-12)11-2-1-3-11)16-8-24-18(20)10-22-16/h4-11H,1-3H2,(H2,19,23)(H2,20,24). The van der Waals surface area contributed by atoms with Gasteiger partial charge in [0, 0.05) is 11.1 Å². The van der Waals surface area contributed by atoms with Crippen LogP contribution in [-0.4, -0.2) is 19.9 Å². The van der Waals surface area contributed by atoms with Crippen molar-refractivity contribution in [2.75, 3.05) is 11.5 Å². The molecule has 0 atom stereocenters. The Morgan fingerprint density at radius 1 is 0.792 bits per heavy atom. The van der Waals surface area contributed by atoms with Gasteiger partial charge >= 0.3 is 0 Å². The van der Waals surface area contributed by atoms with Crippen molar-refractivity contribution in [3.8, 4) is 22.5 Å². The van der Waals surface area contributed by atoms with Crippen molar-refractivity contribution < 1.29 is 0 Å². The van der Waals surface area contributed by atoms with Crippen molar-refractivity contribution in [1.82, 2.24) is 19.9 Å². The normalized spacial score (nSPS) is 14.3. The van der Waals surface area contributed by atoms with Crippen LogP contribution in [0.5, 0.6) is 0 Å². The molecule has 0 unspecified atom stereocenters. The van der Waals surface area contributed by atoms with Gasteiger partial charge in [0.05, 0.1) is 36.2 Å². The van der Waals surface area contributed by atoms with Crippen LogP contribution in [0.3, 0.4) is 0 Å². The average Bonchev–Trinajstić information content (AvgIpc) is 2.55. The fourth-order valence-electron chi connectivity index (χ4n) is 2.98. The van der Waals surface area contributed by atoms with Crippen molar-refractivity contribution in [2.24, 2.45) is 0 Å². The van der Waals surface area contributed by atoms with E-state index in [9.17, 15) is 0 Å². The Balaban J connectivity index is 1.79. The van der Waals surface area contributed by atoms with Crippen LogP contribution in [0.2, 0.25) is 0 Å². The quantitative estimate of drug-likeness (QED) is 0.769. The molecule has 0 spiro atoms. The van der Waals surface area contributed by atoms with E-state index in [0.717, 1.165) is 22.5 Å². The Morgan fingerprint density at radius 2 is 1.46 bits per heavy atom. The molecular formula is C18H18N6. The van der Waals surface area contributed by atoms with Crippen molar-refractivity contribution in [1.29, 1.82) is 0 Å². The second-order valence-electron chi connectivity index (χ2n) is 6.08. The predicted molar refractivity (Wildman–Crippen MR) is 93.9 cm³/mol. The second kappa shape index (κ2) is 5.88. The molecule has 0 aliphatic heterocycles. The van der Waals surface area contributed by atoms with Gasteiger partial charge in [-0.2, -0.15) is 0 Å². The van der Waals surface area contributed by atoms with E-state index in [0.29, 0.717) is 17.6 Å². The minimum atomic E-state index is 0.423. The number of anilines is 2. The summed E-state index contributed by atoms with van der Waals surface area (Å²) in [6.45, 7) is 0. The van der Waals surface area contributed by atoms with Crippen molar-refractivity contribution in [2.45, 2.75) is 25.2 Å². The van der Waals surface area contributed by atoms with Crippen LogP contribution in [0.15, 0.2) is 43.0 Å². The maximum atomic E-state index is 5.65. The van der Waals surface area contributed by atoms with Gasteiger partial charge in [0.25, 0.3) is 0 Å². The highest BCUT2D eigenvalue weighted by Crippen LogP contribution is 2.42. The number of hydrogen-bond donors (Lipinski definition) is 2. The third kappa shape index (κ3) is 2.67. The molecule has 24 heavy (non-hydrogen) atoms. The van der Waals surface area contributed by atoms with Crippen LogP contribution in [0.1, 0.15) is 30.7 Å². The van der Waals surface area contributed by atoms with Crippen LogP contribution < -0.4 is 11.5 Å². The number of hydrogen-bond acceptors (Lipinski definition) is 6. The number of benzene rings is 1. The van der Waals surface area contributed by atoms with Crippen LogP contribution in [-0.2, 0) is 0 Å². The van der Waals surface area contributed by atoms with Gasteiger partial charge in [-0.25, -0.2) is 9.97 Å². The maximum absolute atomic E-state index is 5.65. The van der Waals surface area contributed by atoms with E-state index < -0.39 is 0 Å². The Morgan fingerprint density at radius 3 is 2.00 bits per heavy atom. The number of nitrogens with zero attached hydrogens (tertiary/aromatic N) is 4. The van der Waals surface area contributed by atoms with Crippen molar-refractivity contribution >= 4 is 11.6 Å². The summed E-state index contributed by atoms with van der Waals surface area (Å²) in [5.41, 5.74) is 16.4. The molecule has 1 fully saturated rings. The average molecular weight is 318 g/mol. The fraction of sp³-hybridized carbons (Fsp3) is 0.222. The molecule has 0 amide bonds. The van der Waals surface area contributed by atoms with Crippen LogP contribution in [0, 0.1) is 0 Å². The summed E-state index contributed by atoms with van der Waals surface area (Å²) in [6.07, 6.45) is 10.3. The first-order chi connectivity index (χ1) is 11.7. The third-order valence-corrected chi connectivity index (χ3v) is 4.51. The maximum Gasteiger partial charge on any atom is 0.141 e. The van der Waals surface area contributed by atoms with Gasteiger partial charge in [0.2, 0.25) is 0 Å². The lowest BCUT2D eigenvalue weighted by Gasteiger charge is -2.28. The molecule has 120 valence electrons. The molecule has 1 aliphatic carbocycles. The lowest BCUT2D eigenvalue weighted by atomic mass is 9.77. The zero-order chi connectivity index (χ0) is 16.5. The lowest BCUT2D eigenvalue weighted by Crippen LogP contribution is -2.10. The summed E-state index contributed by atoms with van der Waals surface area (Å²) in [4.78, 5) is 17.1. The van der Waals surface area contributed by atoms with E-state index in [1.807, 2.05) is 6.07 Å². The van der Waals surface area contributed by atoms with Gasteiger partial charge in [-0.1, -0.05) is 18.6 Å². The molecule has 0 radical (unpaired) electrons. The Bertz CT molecular complexity index is 854. The van der Waals surface area contributed by atoms with Crippen LogP contribution >= 0.6 is 0 Å². The van der Waals surface area contributed by atoms with Gasteiger partial charge in [0.1, 0.15) is 11.6 Å². The third-order valence-electron chi connectivity index (χ3n) is 4.51. The van der Waals surface area contributed by atoms with E-state index >= 15 is 0 Å². The van der Waals surface area contributed by atoms with E-state index in [1.54, 1.807) is 24.8 Å². The minimum Gasteiger partial charge on any atom is -0.382 e. The first-order valence-corrected chi connectivity index (χ1v) is 8.00. The SMILES string of the molecule is Nc1cnc(-c2ccc(-c3cnc(N)cn3)c(C3CCC3)c2)cn1. The van der Waals surface area contributed by atoms with E-state index in [4.69, 9.17) is 11.5 Å². The van der Waals surface area contributed by atoms with Crippen LogP contribution in [0.25, 0.3) is 22.5 Å². The van der Waals surface area contributed by atoms with Crippen LogP contribution in [0.4, 0.5) is 11.6 Å². The summed E-state index contributed by atoms with van der Waals surface area (Å²) in [7, 11) is 0. The molecule has 4 rings (SSSR count). The zero-order valence-electron chi connectivity index (χ0n) is 13.2. The van der Waals surface area contributed by atoms with Gasteiger partial charge in [0.15, 0.2) is 0 Å². The first kappa shape index (κ1) is 14.6. The molecule has 2 aromatic heterocycles. The number of nitrogen functional groups attached to an aromatic ring is 2. The number of aromatic nitrogens is 4. The van der Waals surface area contributed by atoms with Crippen molar-refractivity contribution in [3.05, 3.63) is 48.5 Å². The monoisotopic (exact) mass is 318 g/mol. The van der Waals surface area contributed by atoms with E-state index in [1.165, 1.54) is 24.8 Å². The van der Waals surface area contributed by atoms with Crippen molar-refractivity contribution in [3.63, 3.8) is 0 Å². The summed E-state index contributed by atoms with van der Waals surface area (Å²) < 4.78 is 0. The topological polar surface area (TPSA) is 104 Å². The summed E-state index contributed by atoms with van der Waals surface area (Å²) in [5, 5.41) is 0. The molecule has 3 aromatic rings. The minimum absolute atomic E-state index is 0.423. The molecular weight excluding hydrogens is 300 g/mol. The zero-order valence-corrected chi connectivity index (χ0v) is 13.2. The highest BCUT2D eigenvalue weighted by Gasteiger charge is 2.24. The smallest absolute Gasteiger partial charge is 0.141 e. The molecule has 1 saturated carbocycles. The van der Waals surface area contributed by atoms with E-state index in [2.05, 4.69) is 32.1 Å². The van der Waals surface area contributed by atoms with E-state index in [-0.39, 0.29) is 0 Å². The largest absolute Gasteiger partial charge is 0.382 e. The molecule has 1 aromatic carbocycles. The number of rotatable bonds is 3. The summed E-state index contributed by atoms with van der Waals surface area (Å²) in [6, 6.07) is 6.31. The molecule has 2 heterocycles. The molecule has 1 aliphatic rings. The summed E-state index contributed by atoms with van der Waals surface area (Å²) in [5.74, 6) is 1.41. The Labute approximate surface area is 140 Å². The molecule has 0 saturated heterocycles. The Hall–Kier alpha value is -3.02. The Kier molecular flexibility index (Phi) is 3.57. The molecule has 4 N–H and O–H groups in total. The first-order valence-electron chi connectivity index (χ1n) is 8.00. The fourth-order valence-corrected chi connectivity index (χ4v) is 2.98. The molecule has 0 bridgehead atoms. The second-order valence-corrected chi connectivity index (χ2v) is 6.08. The van der Waals surface area contributed by atoms with Gasteiger partial charge in [-0.15, -0.1) is 0 Å². The van der Waals surface area contributed by atoms with Gasteiger partial charge in [-0.05, 0) is 30.4 Å². The molecule has 6 nitrogen and oxygen atoms in total. The van der Waals surface area contributed by atoms with Gasteiger partial charge in [-0.3, -0.25) is 9.97 Å².